The summed E-state index contributed by atoms with van der Waals surface area (Å²) in [5.41, 5.74) is 2.72. The molecule has 0 radical (unpaired) electrons. The first-order valence-corrected chi connectivity index (χ1v) is 15.3. The van der Waals surface area contributed by atoms with Crippen LogP contribution in [0.1, 0.15) is 69.4 Å². The zero-order chi connectivity index (χ0) is 27.8. The van der Waals surface area contributed by atoms with E-state index in [0.717, 1.165) is 73.3 Å². The molecule has 2 aliphatic rings. The zero-order valence-electron chi connectivity index (χ0n) is 23.4. The summed E-state index contributed by atoms with van der Waals surface area (Å²) in [6, 6.07) is 5.31. The molecular weight excluding hydrogens is 510 g/mol. The van der Waals surface area contributed by atoms with E-state index in [0.29, 0.717) is 37.4 Å². The van der Waals surface area contributed by atoms with Crippen LogP contribution in [0.5, 0.6) is 0 Å². The minimum absolute atomic E-state index is 0.157. The second kappa shape index (κ2) is 14.0. The van der Waals surface area contributed by atoms with E-state index >= 15 is 0 Å². The molecule has 2 atom stereocenters. The molecule has 1 unspecified atom stereocenters. The molecule has 1 saturated heterocycles. The van der Waals surface area contributed by atoms with Gasteiger partial charge in [0, 0.05) is 37.5 Å². The average Bonchev–Trinajstić information content (AvgIpc) is 3.72. The Hall–Kier alpha value is -2.78. The fraction of sp³-hybridized carbons (Fsp3) is 0.600. The van der Waals surface area contributed by atoms with Crippen molar-refractivity contribution in [3.63, 3.8) is 0 Å². The first-order chi connectivity index (χ1) is 18.9. The molecule has 2 heterocycles. The van der Waals surface area contributed by atoms with Crippen molar-refractivity contribution in [1.29, 1.82) is 0 Å². The van der Waals surface area contributed by atoms with Crippen molar-refractivity contribution < 1.29 is 14.4 Å². The Morgan fingerprint density at radius 3 is 2.54 bits per heavy atom. The van der Waals surface area contributed by atoms with Crippen molar-refractivity contribution in [1.82, 2.24) is 25.8 Å². The SMILES string of the molecule is C=C(CN1CCCC1)C(=O)NCC(NC(=O)[C@H](Cc1nc2ccc(CC)cc2s1)NC(=O)CC)C1CCCC1. The third-order valence-electron chi connectivity index (χ3n) is 7.97. The number of carbonyl (C=O) groups is 3. The van der Waals surface area contributed by atoms with Crippen molar-refractivity contribution in [3.8, 4) is 0 Å². The molecule has 0 bridgehead atoms. The van der Waals surface area contributed by atoms with Gasteiger partial charge >= 0.3 is 0 Å². The van der Waals surface area contributed by atoms with E-state index in [9.17, 15) is 14.4 Å². The summed E-state index contributed by atoms with van der Waals surface area (Å²) in [5.74, 6) is -0.268. The highest BCUT2D eigenvalue weighted by atomic mass is 32.1. The lowest BCUT2D eigenvalue weighted by atomic mass is 9.97. The van der Waals surface area contributed by atoms with Gasteiger partial charge < -0.3 is 16.0 Å². The van der Waals surface area contributed by atoms with Gasteiger partial charge in [0.25, 0.3) is 0 Å². The van der Waals surface area contributed by atoms with Gasteiger partial charge in [-0.2, -0.15) is 0 Å². The van der Waals surface area contributed by atoms with Gasteiger partial charge in [0.05, 0.1) is 15.2 Å². The fourth-order valence-corrected chi connectivity index (χ4v) is 6.67. The minimum Gasteiger partial charge on any atom is -0.350 e. The monoisotopic (exact) mass is 553 g/mol. The standard InChI is InChI=1S/C30H43N5O3S/c1-4-21-12-13-23-26(16-21)39-28(33-23)17-24(32-27(36)5-2)30(38)34-25(22-10-6-7-11-22)18-31-29(37)20(3)19-35-14-8-9-15-35/h12-13,16,22,24-25H,3-11,14-15,17-19H2,1-2H3,(H,31,37)(H,32,36)(H,34,38)/t24-,25?/m0/s1. The molecule has 1 aromatic heterocycles. The third kappa shape index (κ3) is 8.11. The van der Waals surface area contributed by atoms with Crippen LogP contribution in [0.3, 0.4) is 0 Å². The Kier molecular flexibility index (Phi) is 10.5. The molecule has 8 nitrogen and oxygen atoms in total. The predicted molar refractivity (Wildman–Crippen MR) is 157 cm³/mol. The summed E-state index contributed by atoms with van der Waals surface area (Å²) in [6.07, 6.45) is 8.17. The van der Waals surface area contributed by atoms with E-state index in [1.165, 1.54) is 5.56 Å². The summed E-state index contributed by atoms with van der Waals surface area (Å²) >= 11 is 1.57. The van der Waals surface area contributed by atoms with Crippen LogP contribution in [0.4, 0.5) is 0 Å². The number of nitrogens with one attached hydrogen (secondary N) is 3. The highest BCUT2D eigenvalue weighted by Gasteiger charge is 2.31. The van der Waals surface area contributed by atoms with Crippen LogP contribution >= 0.6 is 11.3 Å². The number of thiazole rings is 1. The lowest BCUT2D eigenvalue weighted by Crippen LogP contribution is -2.54. The number of rotatable bonds is 13. The van der Waals surface area contributed by atoms with Crippen molar-refractivity contribution in [2.75, 3.05) is 26.2 Å². The van der Waals surface area contributed by atoms with Crippen molar-refractivity contribution in [2.24, 2.45) is 5.92 Å². The van der Waals surface area contributed by atoms with Gasteiger partial charge in [0.15, 0.2) is 0 Å². The molecule has 39 heavy (non-hydrogen) atoms. The molecule has 2 aromatic rings. The number of hydrogen-bond acceptors (Lipinski definition) is 6. The Labute approximate surface area is 236 Å². The second-order valence-corrected chi connectivity index (χ2v) is 12.0. The largest absolute Gasteiger partial charge is 0.350 e. The van der Waals surface area contributed by atoms with Crippen LogP contribution in [0.25, 0.3) is 10.2 Å². The fourth-order valence-electron chi connectivity index (χ4n) is 5.59. The molecule has 9 heteroatoms. The zero-order valence-corrected chi connectivity index (χ0v) is 24.2. The van der Waals surface area contributed by atoms with Crippen molar-refractivity contribution >= 4 is 39.3 Å². The van der Waals surface area contributed by atoms with Gasteiger partial charge in [-0.1, -0.05) is 39.3 Å². The van der Waals surface area contributed by atoms with Gasteiger partial charge in [0.2, 0.25) is 17.7 Å². The van der Waals surface area contributed by atoms with E-state index in [2.05, 4.69) is 46.5 Å². The Morgan fingerprint density at radius 2 is 1.85 bits per heavy atom. The number of aryl methyl sites for hydroxylation is 1. The summed E-state index contributed by atoms with van der Waals surface area (Å²) in [7, 11) is 0. The Morgan fingerprint density at radius 1 is 1.10 bits per heavy atom. The number of fused-ring (bicyclic) bond motifs is 1. The van der Waals surface area contributed by atoms with Crippen LogP contribution in [0.2, 0.25) is 0 Å². The maximum atomic E-state index is 13.6. The summed E-state index contributed by atoms with van der Waals surface area (Å²) < 4.78 is 1.09. The molecule has 1 saturated carbocycles. The Bertz CT molecular complexity index is 1170. The van der Waals surface area contributed by atoms with Gasteiger partial charge in [-0.05, 0) is 68.8 Å². The van der Waals surface area contributed by atoms with Crippen LogP contribution in [-0.2, 0) is 27.2 Å². The second-order valence-electron chi connectivity index (χ2n) is 10.9. The average molecular weight is 554 g/mol. The predicted octanol–water partition coefficient (Wildman–Crippen LogP) is 3.74. The van der Waals surface area contributed by atoms with E-state index in [1.54, 1.807) is 18.3 Å². The topological polar surface area (TPSA) is 103 Å². The maximum Gasteiger partial charge on any atom is 0.247 e. The normalized spacial score (nSPS) is 17.7. The molecule has 2 fully saturated rings. The van der Waals surface area contributed by atoms with E-state index in [1.807, 2.05) is 6.07 Å². The number of nitrogens with zero attached hydrogens (tertiary/aromatic N) is 2. The molecule has 0 spiro atoms. The van der Waals surface area contributed by atoms with E-state index < -0.39 is 6.04 Å². The first-order valence-electron chi connectivity index (χ1n) is 14.5. The molecule has 1 aliphatic heterocycles. The molecule has 1 aliphatic carbocycles. The smallest absolute Gasteiger partial charge is 0.247 e. The molecule has 1 aromatic carbocycles. The van der Waals surface area contributed by atoms with Crippen molar-refractivity contribution in [3.05, 3.63) is 40.9 Å². The van der Waals surface area contributed by atoms with Crippen LogP contribution in [0.15, 0.2) is 30.4 Å². The number of hydrogen-bond donors (Lipinski definition) is 3. The van der Waals surface area contributed by atoms with Gasteiger partial charge in [0.1, 0.15) is 6.04 Å². The molecule has 3 N–H and O–H groups in total. The van der Waals surface area contributed by atoms with E-state index in [-0.39, 0.29) is 23.8 Å². The number of likely N-dealkylation sites (tertiary alicyclic amines) is 1. The van der Waals surface area contributed by atoms with Crippen molar-refractivity contribution in [2.45, 2.75) is 83.7 Å². The molecule has 4 rings (SSSR count). The number of carbonyl (C=O) groups excluding carboxylic acids is 3. The number of aromatic nitrogens is 1. The lowest BCUT2D eigenvalue weighted by molar-refractivity contribution is -0.129. The highest BCUT2D eigenvalue weighted by Crippen LogP contribution is 2.28. The van der Waals surface area contributed by atoms with E-state index in [4.69, 9.17) is 4.98 Å². The molecular formula is C30H43N5O3S. The summed E-state index contributed by atoms with van der Waals surface area (Å²) in [6.45, 7) is 10.9. The number of amides is 3. The van der Waals surface area contributed by atoms with Gasteiger partial charge in [-0.15, -0.1) is 11.3 Å². The maximum absolute atomic E-state index is 13.6. The summed E-state index contributed by atoms with van der Waals surface area (Å²) in [4.78, 5) is 45.8. The van der Waals surface area contributed by atoms with Crippen LogP contribution in [0, 0.1) is 5.92 Å². The highest BCUT2D eigenvalue weighted by molar-refractivity contribution is 7.18. The minimum atomic E-state index is -0.728. The molecule has 212 valence electrons. The first kappa shape index (κ1) is 29.2. The third-order valence-corrected chi connectivity index (χ3v) is 9.01. The van der Waals surface area contributed by atoms with Gasteiger partial charge in [-0.3, -0.25) is 19.3 Å². The quantitative estimate of drug-likeness (QED) is 0.328. The Balaban J connectivity index is 1.42. The lowest BCUT2D eigenvalue weighted by Gasteiger charge is -2.28. The number of benzene rings is 1. The van der Waals surface area contributed by atoms with Crippen LogP contribution in [-0.4, -0.2) is 65.9 Å². The van der Waals surface area contributed by atoms with Gasteiger partial charge in [-0.25, -0.2) is 4.98 Å². The summed E-state index contributed by atoms with van der Waals surface area (Å²) in [5, 5.41) is 9.96. The molecule has 3 amide bonds. The van der Waals surface area contributed by atoms with Crippen LogP contribution < -0.4 is 16.0 Å².